The molecule has 2 N–H and O–H groups in total. The molecule has 3 aromatic rings. The van der Waals surface area contributed by atoms with Gasteiger partial charge in [0.05, 0.1) is 25.3 Å². The molecule has 2 heterocycles. The van der Waals surface area contributed by atoms with E-state index in [0.717, 1.165) is 11.1 Å². The van der Waals surface area contributed by atoms with Gasteiger partial charge in [-0.3, -0.25) is 4.79 Å². The summed E-state index contributed by atoms with van der Waals surface area (Å²) in [5.74, 6) is 0.170. The first kappa shape index (κ1) is 14.2. The smallest absolute Gasteiger partial charge is 0.251 e. The quantitative estimate of drug-likeness (QED) is 0.759. The number of aliphatic hydroxyl groups is 1. The van der Waals surface area contributed by atoms with Gasteiger partial charge in [-0.1, -0.05) is 12.1 Å². The van der Waals surface area contributed by atoms with Gasteiger partial charge < -0.3 is 19.3 Å². The van der Waals surface area contributed by atoms with Gasteiger partial charge in [-0.25, -0.2) is 0 Å². The van der Waals surface area contributed by atoms with Crippen LogP contribution in [0, 0.1) is 0 Å². The molecule has 0 aliphatic carbocycles. The molecule has 5 heteroatoms. The fraction of sp³-hybridized carbons (Fsp3) is 0.118. The van der Waals surface area contributed by atoms with Gasteiger partial charge in [0.25, 0.3) is 5.91 Å². The number of aliphatic hydroxyl groups excluding tert-OH is 1. The largest absolute Gasteiger partial charge is 0.472 e. The van der Waals surface area contributed by atoms with Gasteiger partial charge in [-0.2, -0.15) is 0 Å². The highest BCUT2D eigenvalue weighted by molar-refractivity contribution is 5.95. The molecule has 0 spiro atoms. The highest BCUT2D eigenvalue weighted by Gasteiger charge is 2.13. The van der Waals surface area contributed by atoms with Crippen LogP contribution >= 0.6 is 0 Å². The Kier molecular flexibility index (Phi) is 4.07. The Balaban J connectivity index is 1.66. The Morgan fingerprint density at radius 3 is 2.77 bits per heavy atom. The molecule has 0 saturated heterocycles. The summed E-state index contributed by atoms with van der Waals surface area (Å²) in [6.45, 7) is 0.0856. The van der Waals surface area contributed by atoms with Crippen LogP contribution in [0.3, 0.4) is 0 Å². The number of hydrogen-bond acceptors (Lipinski definition) is 4. The van der Waals surface area contributed by atoms with E-state index in [4.69, 9.17) is 8.83 Å². The Morgan fingerprint density at radius 1 is 1.14 bits per heavy atom. The molecule has 112 valence electrons. The molecule has 3 rings (SSSR count). The number of nitrogens with one attached hydrogen (secondary N) is 1. The first-order valence-electron chi connectivity index (χ1n) is 6.86. The van der Waals surface area contributed by atoms with Crippen molar-refractivity contribution in [3.8, 4) is 11.1 Å². The zero-order chi connectivity index (χ0) is 15.4. The van der Waals surface area contributed by atoms with Crippen LogP contribution in [0.5, 0.6) is 0 Å². The molecule has 1 unspecified atom stereocenters. The lowest BCUT2D eigenvalue weighted by atomic mass is 10.1. The maximum Gasteiger partial charge on any atom is 0.251 e. The summed E-state index contributed by atoms with van der Waals surface area (Å²) in [5.41, 5.74) is 2.32. The molecule has 0 bridgehead atoms. The maximum absolute atomic E-state index is 12.2. The van der Waals surface area contributed by atoms with Crippen LogP contribution in [-0.2, 0) is 0 Å². The zero-order valence-corrected chi connectivity index (χ0v) is 11.7. The van der Waals surface area contributed by atoms with Crippen molar-refractivity contribution >= 4 is 5.91 Å². The first-order valence-corrected chi connectivity index (χ1v) is 6.86. The van der Waals surface area contributed by atoms with E-state index in [1.807, 2.05) is 12.1 Å². The van der Waals surface area contributed by atoms with Gasteiger partial charge in [-0.15, -0.1) is 0 Å². The van der Waals surface area contributed by atoms with E-state index in [1.165, 1.54) is 6.26 Å². The van der Waals surface area contributed by atoms with Crippen molar-refractivity contribution < 1.29 is 18.7 Å². The summed E-state index contributed by atoms with van der Waals surface area (Å²) in [4.78, 5) is 12.2. The summed E-state index contributed by atoms with van der Waals surface area (Å²) in [5, 5.41) is 12.6. The highest BCUT2D eigenvalue weighted by Crippen LogP contribution is 2.20. The number of rotatable bonds is 5. The van der Waals surface area contributed by atoms with Crippen LogP contribution in [0.2, 0.25) is 0 Å². The number of hydrogen-bond donors (Lipinski definition) is 2. The van der Waals surface area contributed by atoms with Crippen molar-refractivity contribution in [1.29, 1.82) is 0 Å². The molecule has 22 heavy (non-hydrogen) atoms. The molecular formula is C17H15NO4. The third kappa shape index (κ3) is 3.10. The van der Waals surface area contributed by atoms with Gasteiger partial charge in [0.2, 0.25) is 0 Å². The second kappa shape index (κ2) is 6.32. The predicted octanol–water partition coefficient (Wildman–Crippen LogP) is 3.00. The number of benzene rings is 1. The van der Waals surface area contributed by atoms with E-state index in [-0.39, 0.29) is 12.5 Å². The van der Waals surface area contributed by atoms with Gasteiger partial charge in [0.1, 0.15) is 11.9 Å². The minimum absolute atomic E-state index is 0.0856. The monoisotopic (exact) mass is 297 g/mol. The van der Waals surface area contributed by atoms with Crippen molar-refractivity contribution in [3.63, 3.8) is 0 Å². The van der Waals surface area contributed by atoms with Crippen LogP contribution in [0.1, 0.15) is 22.2 Å². The predicted molar refractivity (Wildman–Crippen MR) is 80.1 cm³/mol. The van der Waals surface area contributed by atoms with Gasteiger partial charge in [-0.05, 0) is 35.9 Å². The molecule has 0 aliphatic heterocycles. The third-order valence-electron chi connectivity index (χ3n) is 3.31. The van der Waals surface area contributed by atoms with Crippen molar-refractivity contribution in [2.75, 3.05) is 6.54 Å². The summed E-state index contributed by atoms with van der Waals surface area (Å²) >= 11 is 0. The Labute approximate surface area is 127 Å². The lowest BCUT2D eigenvalue weighted by molar-refractivity contribution is 0.0901. The number of carbonyl (C=O) groups is 1. The van der Waals surface area contributed by atoms with Gasteiger partial charge in [0.15, 0.2) is 0 Å². The molecule has 0 fully saturated rings. The topological polar surface area (TPSA) is 75.6 Å². The molecule has 1 amide bonds. The average molecular weight is 297 g/mol. The van der Waals surface area contributed by atoms with Crippen molar-refractivity contribution in [1.82, 2.24) is 5.32 Å². The van der Waals surface area contributed by atoms with E-state index in [9.17, 15) is 9.90 Å². The second-order valence-electron chi connectivity index (χ2n) is 4.83. The van der Waals surface area contributed by atoms with Crippen molar-refractivity contribution in [2.45, 2.75) is 6.10 Å². The molecule has 5 nitrogen and oxygen atoms in total. The SMILES string of the molecule is O=C(NCC(O)c1ccco1)c1cccc(-c2ccoc2)c1. The van der Waals surface area contributed by atoms with E-state index < -0.39 is 6.10 Å². The van der Waals surface area contributed by atoms with Crippen LogP contribution in [0.4, 0.5) is 0 Å². The summed E-state index contributed by atoms with van der Waals surface area (Å²) < 4.78 is 10.1. The maximum atomic E-state index is 12.2. The molecular weight excluding hydrogens is 282 g/mol. The minimum atomic E-state index is -0.865. The first-order chi connectivity index (χ1) is 10.7. The van der Waals surface area contributed by atoms with Crippen LogP contribution in [0.25, 0.3) is 11.1 Å². The molecule has 0 saturated carbocycles. The molecule has 0 radical (unpaired) electrons. The van der Waals surface area contributed by atoms with Gasteiger partial charge in [0, 0.05) is 11.1 Å². The number of amides is 1. The number of furan rings is 2. The fourth-order valence-electron chi connectivity index (χ4n) is 2.14. The third-order valence-corrected chi connectivity index (χ3v) is 3.31. The Bertz CT molecular complexity index is 732. The normalized spacial score (nSPS) is 12.0. The molecule has 2 aromatic heterocycles. The average Bonchev–Trinajstić information content (AvgIpc) is 3.25. The van der Waals surface area contributed by atoms with Crippen molar-refractivity contribution in [2.24, 2.45) is 0 Å². The van der Waals surface area contributed by atoms with E-state index in [0.29, 0.717) is 11.3 Å². The highest BCUT2D eigenvalue weighted by atomic mass is 16.4. The standard InChI is InChI=1S/C17H15NO4/c19-15(16-5-2-7-22-16)10-18-17(20)13-4-1-3-12(9-13)14-6-8-21-11-14/h1-9,11,15,19H,10H2,(H,18,20). The van der Waals surface area contributed by atoms with Crippen LogP contribution in [-0.4, -0.2) is 17.6 Å². The zero-order valence-electron chi connectivity index (χ0n) is 11.7. The van der Waals surface area contributed by atoms with E-state index in [2.05, 4.69) is 5.32 Å². The number of carbonyl (C=O) groups excluding carboxylic acids is 1. The lowest BCUT2D eigenvalue weighted by Crippen LogP contribution is -2.28. The molecule has 1 atom stereocenters. The van der Waals surface area contributed by atoms with Crippen LogP contribution < -0.4 is 5.32 Å². The minimum Gasteiger partial charge on any atom is -0.472 e. The summed E-state index contributed by atoms with van der Waals surface area (Å²) in [7, 11) is 0. The summed E-state index contributed by atoms with van der Waals surface area (Å²) in [6, 6.07) is 12.4. The van der Waals surface area contributed by atoms with Gasteiger partial charge >= 0.3 is 0 Å². The molecule has 0 aliphatic rings. The van der Waals surface area contributed by atoms with E-state index in [1.54, 1.807) is 42.9 Å². The summed E-state index contributed by atoms with van der Waals surface area (Å²) in [6.07, 6.45) is 3.82. The molecule has 1 aromatic carbocycles. The fourth-order valence-corrected chi connectivity index (χ4v) is 2.14. The van der Waals surface area contributed by atoms with E-state index >= 15 is 0 Å². The Morgan fingerprint density at radius 2 is 2.05 bits per heavy atom. The second-order valence-corrected chi connectivity index (χ2v) is 4.83. The lowest BCUT2D eigenvalue weighted by Gasteiger charge is -2.10. The van der Waals surface area contributed by atoms with Crippen molar-refractivity contribution in [3.05, 3.63) is 72.6 Å². The Hall–Kier alpha value is -2.79. The van der Waals surface area contributed by atoms with Crippen LogP contribution in [0.15, 0.2) is 70.1 Å².